The van der Waals surface area contributed by atoms with Gasteiger partial charge < -0.3 is 16.0 Å². The molecule has 1 rings (SSSR count). The van der Waals surface area contributed by atoms with E-state index in [1.54, 1.807) is 25.3 Å². The fourth-order valence-electron chi connectivity index (χ4n) is 1.68. The first-order valence-electron chi connectivity index (χ1n) is 7.05. The lowest BCUT2D eigenvalue weighted by Crippen LogP contribution is -2.50. The summed E-state index contributed by atoms with van der Waals surface area (Å²) in [5.74, 6) is -0.593. The van der Waals surface area contributed by atoms with Gasteiger partial charge in [0.1, 0.15) is 11.7 Å². The van der Waals surface area contributed by atoms with Gasteiger partial charge in [-0.3, -0.25) is 14.6 Å². The minimum absolute atomic E-state index is 0.223. The van der Waals surface area contributed by atoms with Crippen molar-refractivity contribution in [3.8, 4) is 0 Å². The number of rotatable bonds is 5. The molecule has 0 saturated heterocycles. The van der Waals surface area contributed by atoms with Crippen molar-refractivity contribution in [2.24, 2.45) is 0 Å². The third kappa shape index (κ3) is 5.81. The zero-order chi connectivity index (χ0) is 16.0. The average molecular weight is 292 g/mol. The van der Waals surface area contributed by atoms with Crippen LogP contribution in [0.15, 0.2) is 18.3 Å². The van der Waals surface area contributed by atoms with Gasteiger partial charge in [0.15, 0.2) is 0 Å². The SMILES string of the molecule is CCNc1ccnc(C(=O)NC(C)C(=O)NC(C)(C)C)c1. The van der Waals surface area contributed by atoms with Gasteiger partial charge in [-0.05, 0) is 46.8 Å². The number of hydrogen-bond acceptors (Lipinski definition) is 4. The molecule has 0 bridgehead atoms. The molecule has 0 aliphatic heterocycles. The van der Waals surface area contributed by atoms with Crippen LogP contribution in [-0.2, 0) is 4.79 Å². The molecule has 0 saturated carbocycles. The highest BCUT2D eigenvalue weighted by Crippen LogP contribution is 2.08. The molecule has 0 fully saturated rings. The molecule has 0 aromatic carbocycles. The van der Waals surface area contributed by atoms with E-state index in [4.69, 9.17) is 0 Å². The van der Waals surface area contributed by atoms with Gasteiger partial charge in [-0.25, -0.2) is 0 Å². The van der Waals surface area contributed by atoms with E-state index in [0.717, 1.165) is 12.2 Å². The lowest BCUT2D eigenvalue weighted by atomic mass is 10.1. The third-order valence-electron chi connectivity index (χ3n) is 2.61. The lowest BCUT2D eigenvalue weighted by molar-refractivity contribution is -0.124. The molecule has 0 radical (unpaired) electrons. The Morgan fingerprint density at radius 1 is 1.33 bits per heavy atom. The van der Waals surface area contributed by atoms with Gasteiger partial charge in [0.25, 0.3) is 5.91 Å². The van der Waals surface area contributed by atoms with Crippen LogP contribution < -0.4 is 16.0 Å². The van der Waals surface area contributed by atoms with Crippen LogP contribution in [0.3, 0.4) is 0 Å². The minimum atomic E-state index is -0.624. The second-order valence-corrected chi connectivity index (χ2v) is 5.89. The maximum Gasteiger partial charge on any atom is 0.270 e. The molecule has 0 aliphatic rings. The van der Waals surface area contributed by atoms with Gasteiger partial charge in [-0.1, -0.05) is 0 Å². The maximum absolute atomic E-state index is 12.1. The summed E-state index contributed by atoms with van der Waals surface area (Å²) >= 11 is 0. The topological polar surface area (TPSA) is 83.1 Å². The van der Waals surface area contributed by atoms with Crippen LogP contribution in [0.5, 0.6) is 0 Å². The van der Waals surface area contributed by atoms with Crippen LogP contribution in [0.1, 0.15) is 45.1 Å². The summed E-state index contributed by atoms with van der Waals surface area (Å²) in [5.41, 5.74) is 0.771. The number of anilines is 1. The van der Waals surface area contributed by atoms with E-state index in [1.165, 1.54) is 0 Å². The molecule has 0 spiro atoms. The van der Waals surface area contributed by atoms with E-state index < -0.39 is 6.04 Å². The fourth-order valence-corrected chi connectivity index (χ4v) is 1.68. The van der Waals surface area contributed by atoms with E-state index >= 15 is 0 Å². The number of aromatic nitrogens is 1. The molecule has 6 nitrogen and oxygen atoms in total. The van der Waals surface area contributed by atoms with Gasteiger partial charge in [-0.15, -0.1) is 0 Å². The first-order valence-corrected chi connectivity index (χ1v) is 7.05. The standard InChI is InChI=1S/C15H24N4O2/c1-6-16-11-7-8-17-12(9-11)14(21)18-10(2)13(20)19-15(3,4)5/h7-10H,6H2,1-5H3,(H,16,17)(H,18,21)(H,19,20). The van der Waals surface area contributed by atoms with Crippen LogP contribution in [-0.4, -0.2) is 34.9 Å². The number of carbonyl (C=O) groups is 2. The summed E-state index contributed by atoms with van der Waals surface area (Å²) < 4.78 is 0. The van der Waals surface area contributed by atoms with Gasteiger partial charge in [0.05, 0.1) is 0 Å². The van der Waals surface area contributed by atoms with Crippen molar-refractivity contribution in [3.05, 3.63) is 24.0 Å². The monoisotopic (exact) mass is 292 g/mol. The first-order chi connectivity index (χ1) is 9.73. The molecule has 1 aromatic rings. The Bertz CT molecular complexity index is 509. The number of nitrogens with zero attached hydrogens (tertiary/aromatic N) is 1. The number of amides is 2. The highest BCUT2D eigenvalue weighted by molar-refractivity contribution is 5.96. The van der Waals surface area contributed by atoms with Crippen LogP contribution in [0.4, 0.5) is 5.69 Å². The van der Waals surface area contributed by atoms with Gasteiger partial charge in [-0.2, -0.15) is 0 Å². The lowest BCUT2D eigenvalue weighted by Gasteiger charge is -2.23. The van der Waals surface area contributed by atoms with E-state index in [2.05, 4.69) is 20.9 Å². The Labute approximate surface area is 125 Å². The predicted octanol–water partition coefficient (Wildman–Crippen LogP) is 1.55. The zero-order valence-electron chi connectivity index (χ0n) is 13.3. The van der Waals surface area contributed by atoms with Crippen molar-refractivity contribution in [1.29, 1.82) is 0 Å². The summed E-state index contributed by atoms with van der Waals surface area (Å²) in [6.45, 7) is 10.0. The summed E-state index contributed by atoms with van der Waals surface area (Å²) in [4.78, 5) is 28.1. The molecule has 116 valence electrons. The molecule has 21 heavy (non-hydrogen) atoms. The number of hydrogen-bond donors (Lipinski definition) is 3. The third-order valence-corrected chi connectivity index (χ3v) is 2.61. The van der Waals surface area contributed by atoms with Crippen molar-refractivity contribution >= 4 is 17.5 Å². The zero-order valence-corrected chi connectivity index (χ0v) is 13.3. The second-order valence-electron chi connectivity index (χ2n) is 5.89. The van der Waals surface area contributed by atoms with E-state index in [-0.39, 0.29) is 23.0 Å². The van der Waals surface area contributed by atoms with Crippen LogP contribution in [0.25, 0.3) is 0 Å². The number of carbonyl (C=O) groups excluding carboxylic acids is 2. The Kier molecular flexibility index (Phi) is 5.69. The quantitative estimate of drug-likeness (QED) is 0.769. The molecule has 1 atom stereocenters. The molecule has 1 heterocycles. The molecule has 3 N–H and O–H groups in total. The van der Waals surface area contributed by atoms with Gasteiger partial charge in [0, 0.05) is 24.0 Å². The fraction of sp³-hybridized carbons (Fsp3) is 0.533. The molecule has 1 unspecified atom stereocenters. The van der Waals surface area contributed by atoms with Gasteiger partial charge >= 0.3 is 0 Å². The molecular formula is C15H24N4O2. The first kappa shape index (κ1) is 16.9. The number of nitrogens with one attached hydrogen (secondary N) is 3. The van der Waals surface area contributed by atoms with Crippen molar-refractivity contribution in [2.75, 3.05) is 11.9 Å². The minimum Gasteiger partial charge on any atom is -0.385 e. The maximum atomic E-state index is 12.1. The van der Waals surface area contributed by atoms with Crippen molar-refractivity contribution < 1.29 is 9.59 Å². The molecule has 0 aliphatic carbocycles. The van der Waals surface area contributed by atoms with Crippen molar-refractivity contribution in [2.45, 2.75) is 46.2 Å². The molecule has 2 amide bonds. The van der Waals surface area contributed by atoms with Crippen LogP contribution >= 0.6 is 0 Å². The largest absolute Gasteiger partial charge is 0.385 e. The summed E-state index contributed by atoms with van der Waals surface area (Å²) in [7, 11) is 0. The summed E-state index contributed by atoms with van der Waals surface area (Å²) in [6, 6.07) is 2.82. The van der Waals surface area contributed by atoms with E-state index in [9.17, 15) is 9.59 Å². The second kappa shape index (κ2) is 7.06. The highest BCUT2D eigenvalue weighted by atomic mass is 16.2. The van der Waals surface area contributed by atoms with Crippen LogP contribution in [0, 0.1) is 0 Å². The number of pyridine rings is 1. The van der Waals surface area contributed by atoms with E-state index in [0.29, 0.717) is 0 Å². The van der Waals surface area contributed by atoms with Crippen molar-refractivity contribution in [1.82, 2.24) is 15.6 Å². The normalized spacial score (nSPS) is 12.4. The molecular weight excluding hydrogens is 268 g/mol. The highest BCUT2D eigenvalue weighted by Gasteiger charge is 2.21. The Balaban J connectivity index is 2.68. The molecule has 6 heteroatoms. The predicted molar refractivity (Wildman–Crippen MR) is 83.2 cm³/mol. The van der Waals surface area contributed by atoms with Crippen molar-refractivity contribution in [3.63, 3.8) is 0 Å². The molecule has 1 aromatic heterocycles. The smallest absolute Gasteiger partial charge is 0.270 e. The van der Waals surface area contributed by atoms with Crippen LogP contribution in [0.2, 0.25) is 0 Å². The average Bonchev–Trinajstić information content (AvgIpc) is 2.37. The summed E-state index contributed by atoms with van der Waals surface area (Å²) in [6.07, 6.45) is 1.56. The van der Waals surface area contributed by atoms with E-state index in [1.807, 2.05) is 27.7 Å². The Morgan fingerprint density at radius 2 is 2.00 bits per heavy atom. The van der Waals surface area contributed by atoms with Gasteiger partial charge in [0.2, 0.25) is 5.91 Å². The Hall–Kier alpha value is -2.11. The Morgan fingerprint density at radius 3 is 2.57 bits per heavy atom. The summed E-state index contributed by atoms with van der Waals surface area (Å²) in [5, 5.41) is 8.58.